The fourth-order valence-corrected chi connectivity index (χ4v) is 5.43. The number of amides is 2. The molecular weight excluding hydrogens is 372 g/mol. The Morgan fingerprint density at radius 1 is 0.800 bits per heavy atom. The zero-order chi connectivity index (χ0) is 19.3. The molecule has 2 rings (SSSR count). The maximum absolute atomic E-state index is 12.0. The fourth-order valence-electron chi connectivity index (χ4n) is 2.37. The topological polar surface area (TPSA) is 133 Å². The quantitative estimate of drug-likeness (QED) is 0.513. The molecule has 0 aromatic rings. The van der Waals surface area contributed by atoms with E-state index in [0.717, 1.165) is 10.0 Å². The first kappa shape index (κ1) is 20.1. The number of nitrogens with zero attached hydrogens (tertiary/aromatic N) is 2. The molecule has 2 N–H and O–H groups in total. The van der Waals surface area contributed by atoms with E-state index in [0.29, 0.717) is 25.7 Å². The van der Waals surface area contributed by atoms with E-state index >= 15 is 0 Å². The van der Waals surface area contributed by atoms with Gasteiger partial charge in [-0.1, -0.05) is 13.8 Å². The van der Waals surface area contributed by atoms with Gasteiger partial charge in [0, 0.05) is 24.9 Å². The van der Waals surface area contributed by atoms with E-state index in [1.165, 1.54) is 14.1 Å². The van der Waals surface area contributed by atoms with Crippen molar-refractivity contribution in [1.82, 2.24) is 19.7 Å². The van der Waals surface area contributed by atoms with E-state index in [-0.39, 0.29) is 0 Å². The van der Waals surface area contributed by atoms with Crippen LogP contribution >= 0.6 is 0 Å². The minimum atomic E-state index is -4.34. The molecule has 2 fully saturated rings. The number of nitrogens with one attached hydrogen (secondary N) is 2. The summed E-state index contributed by atoms with van der Waals surface area (Å²) in [6.07, 6.45) is 2.62. The van der Waals surface area contributed by atoms with Gasteiger partial charge in [0.2, 0.25) is 31.9 Å². The van der Waals surface area contributed by atoms with Crippen molar-refractivity contribution in [3.8, 4) is 0 Å². The first-order chi connectivity index (χ1) is 11.2. The smallest absolute Gasteiger partial charge is 0.244 e. The van der Waals surface area contributed by atoms with Crippen molar-refractivity contribution < 1.29 is 26.4 Å². The van der Waals surface area contributed by atoms with Crippen LogP contribution in [-0.2, 0) is 29.6 Å². The molecule has 0 spiro atoms. The number of hydrazine groups is 2. The van der Waals surface area contributed by atoms with Gasteiger partial charge in [0.1, 0.15) is 0 Å². The minimum absolute atomic E-state index is 0.421. The van der Waals surface area contributed by atoms with Crippen molar-refractivity contribution in [1.29, 1.82) is 0 Å². The standard InChI is InChI=1S/C13H24N4O6S2/c1-12(5-6-12)10(18)16(3)14-24(20,21)9-25(22,23)15-17(4)11(19)13(2)7-8-13/h14-15H,5-9H2,1-4H3. The van der Waals surface area contributed by atoms with Crippen molar-refractivity contribution in [3.63, 3.8) is 0 Å². The van der Waals surface area contributed by atoms with E-state index in [1.807, 2.05) is 9.66 Å². The summed E-state index contributed by atoms with van der Waals surface area (Å²) in [7, 11) is -6.22. The molecule has 0 aliphatic heterocycles. The molecule has 2 saturated carbocycles. The van der Waals surface area contributed by atoms with Crippen LogP contribution in [0.2, 0.25) is 0 Å². The third-order valence-electron chi connectivity index (χ3n) is 4.50. The molecule has 10 nitrogen and oxygen atoms in total. The second kappa shape index (κ2) is 6.18. The van der Waals surface area contributed by atoms with Crippen molar-refractivity contribution in [2.75, 3.05) is 19.2 Å². The van der Waals surface area contributed by atoms with Crippen molar-refractivity contribution >= 4 is 31.9 Å². The Balaban J connectivity index is 1.95. The minimum Gasteiger partial charge on any atom is -0.273 e. The number of carbonyl (C=O) groups is 2. The summed E-state index contributed by atoms with van der Waals surface area (Å²) in [6.45, 7) is 3.41. The van der Waals surface area contributed by atoms with Gasteiger partial charge in [-0.2, -0.15) is 0 Å². The lowest BCUT2D eigenvalue weighted by Crippen LogP contribution is -2.51. The summed E-state index contributed by atoms with van der Waals surface area (Å²) in [5.74, 6) is -0.842. The van der Waals surface area contributed by atoms with Crippen LogP contribution in [0.5, 0.6) is 0 Å². The molecule has 2 aliphatic carbocycles. The lowest BCUT2D eigenvalue weighted by atomic mass is 10.1. The van der Waals surface area contributed by atoms with E-state index < -0.39 is 47.8 Å². The molecule has 2 amide bonds. The molecule has 0 bridgehead atoms. The molecule has 12 heteroatoms. The van der Waals surface area contributed by atoms with Gasteiger partial charge in [0.05, 0.1) is 0 Å². The summed E-state index contributed by atoms with van der Waals surface area (Å²) < 4.78 is 48.2. The first-order valence-electron chi connectivity index (χ1n) is 7.76. The molecule has 0 unspecified atom stereocenters. The van der Waals surface area contributed by atoms with Crippen LogP contribution in [0, 0.1) is 10.8 Å². The van der Waals surface area contributed by atoms with E-state index in [1.54, 1.807) is 13.8 Å². The Morgan fingerprint density at radius 2 is 1.08 bits per heavy atom. The number of rotatable bonds is 8. The number of sulfonamides is 2. The van der Waals surface area contributed by atoms with Gasteiger partial charge in [0.15, 0.2) is 5.08 Å². The zero-order valence-electron chi connectivity index (χ0n) is 14.7. The molecule has 0 radical (unpaired) electrons. The van der Waals surface area contributed by atoms with Crippen LogP contribution in [0.4, 0.5) is 0 Å². The summed E-state index contributed by atoms with van der Waals surface area (Å²) >= 11 is 0. The van der Waals surface area contributed by atoms with Crippen LogP contribution in [0.25, 0.3) is 0 Å². The lowest BCUT2D eigenvalue weighted by molar-refractivity contribution is -0.137. The van der Waals surface area contributed by atoms with Gasteiger partial charge in [-0.15, -0.1) is 9.66 Å². The normalized spacial score (nSPS) is 20.6. The molecule has 144 valence electrons. The number of carbonyl (C=O) groups excluding carboxylic acids is 2. The van der Waals surface area contributed by atoms with Crippen molar-refractivity contribution in [2.24, 2.45) is 10.8 Å². The third-order valence-corrected chi connectivity index (χ3v) is 8.09. The molecule has 0 atom stereocenters. The van der Waals surface area contributed by atoms with Gasteiger partial charge in [0.25, 0.3) is 0 Å². The second-order valence-electron chi connectivity index (χ2n) is 7.38. The van der Waals surface area contributed by atoms with E-state index in [9.17, 15) is 26.4 Å². The van der Waals surface area contributed by atoms with Crippen molar-refractivity contribution in [3.05, 3.63) is 0 Å². The third kappa shape index (κ3) is 4.90. The predicted molar refractivity (Wildman–Crippen MR) is 89.2 cm³/mol. The molecule has 0 aromatic heterocycles. The number of hydrogen-bond donors (Lipinski definition) is 2. The summed E-state index contributed by atoms with van der Waals surface area (Å²) in [6, 6.07) is 0. The highest BCUT2D eigenvalue weighted by Gasteiger charge is 2.48. The van der Waals surface area contributed by atoms with Crippen molar-refractivity contribution in [2.45, 2.75) is 39.5 Å². The van der Waals surface area contributed by atoms with Crippen LogP contribution < -0.4 is 9.66 Å². The van der Waals surface area contributed by atoms with Crippen LogP contribution in [0.1, 0.15) is 39.5 Å². The summed E-state index contributed by atoms with van der Waals surface area (Å²) in [4.78, 5) is 27.9. The largest absolute Gasteiger partial charge is 0.273 e. The molecular formula is C13H24N4O6S2. The Labute approximate surface area is 148 Å². The first-order valence-corrected chi connectivity index (χ1v) is 11.1. The van der Waals surface area contributed by atoms with E-state index in [2.05, 4.69) is 0 Å². The molecule has 2 aliphatic rings. The highest BCUT2D eigenvalue weighted by molar-refractivity contribution is 8.06. The molecule has 0 heterocycles. The summed E-state index contributed by atoms with van der Waals surface area (Å²) in [5.41, 5.74) is -1.19. The van der Waals surface area contributed by atoms with E-state index in [4.69, 9.17) is 0 Å². The molecule has 0 saturated heterocycles. The average Bonchev–Trinajstić information content (AvgIpc) is 3.35. The Kier molecular flexibility index (Phi) is 4.96. The van der Waals surface area contributed by atoms with Crippen LogP contribution in [-0.4, -0.2) is 57.8 Å². The highest BCUT2D eigenvalue weighted by Crippen LogP contribution is 2.46. The van der Waals surface area contributed by atoms with Gasteiger partial charge in [-0.25, -0.2) is 16.8 Å². The summed E-state index contributed by atoms with van der Waals surface area (Å²) in [5, 5.41) is 0.276. The van der Waals surface area contributed by atoms with Gasteiger partial charge >= 0.3 is 0 Å². The number of hydrogen-bond acceptors (Lipinski definition) is 6. The average molecular weight is 396 g/mol. The fraction of sp³-hybridized carbons (Fsp3) is 0.846. The SMILES string of the molecule is CN(NS(=O)(=O)CS(=O)(=O)NN(C)C(=O)C1(C)CC1)C(=O)C1(C)CC1. The maximum atomic E-state index is 12.0. The highest BCUT2D eigenvalue weighted by atomic mass is 32.3. The van der Waals surface area contributed by atoms with Crippen LogP contribution in [0.3, 0.4) is 0 Å². The van der Waals surface area contributed by atoms with Gasteiger partial charge < -0.3 is 0 Å². The Morgan fingerprint density at radius 3 is 1.32 bits per heavy atom. The second-order valence-corrected chi connectivity index (χ2v) is 11.1. The monoisotopic (exact) mass is 396 g/mol. The molecule has 25 heavy (non-hydrogen) atoms. The molecule has 0 aromatic carbocycles. The predicted octanol–water partition coefficient (Wildman–Crippen LogP) is -0.870. The van der Waals surface area contributed by atoms with Gasteiger partial charge in [-0.3, -0.25) is 19.6 Å². The van der Waals surface area contributed by atoms with Crippen LogP contribution in [0.15, 0.2) is 0 Å². The lowest BCUT2D eigenvalue weighted by Gasteiger charge is -2.23. The zero-order valence-corrected chi connectivity index (χ0v) is 16.3. The Hall–Kier alpha value is -1.24. The maximum Gasteiger partial charge on any atom is 0.244 e. The van der Waals surface area contributed by atoms with Gasteiger partial charge in [-0.05, 0) is 25.7 Å². The Bertz CT molecular complexity index is 717.